The van der Waals surface area contributed by atoms with E-state index in [4.69, 9.17) is 18.9 Å². The average molecular weight is 829 g/mol. The van der Waals surface area contributed by atoms with E-state index in [1.54, 1.807) is 0 Å². The standard InChI is InChI=1S/C42H68O16/c1-37(2)13-20-19-7-8-25-38(3)14-21(46)33(58-35-32(52)30(50)28(48)23(17-44)56-35)39(4,18-45)24(38)9-10-41(25,6)40(19,5)11-12-42(20,36(53)54)15-26(37)57-34-31(51)29(49)27(47)22(16-43)55-34/h7,20-35,43-52H,8-18H2,1-6H3,(H,53,54). The van der Waals surface area contributed by atoms with Gasteiger partial charge < -0.3 is 75.1 Å². The van der Waals surface area contributed by atoms with E-state index in [-0.39, 0.29) is 36.2 Å². The zero-order chi connectivity index (χ0) is 42.7. The largest absolute Gasteiger partial charge is 0.481 e. The Kier molecular flexibility index (Phi) is 11.7. The van der Waals surface area contributed by atoms with Gasteiger partial charge in [0.05, 0.1) is 43.5 Å². The van der Waals surface area contributed by atoms with E-state index in [1.165, 1.54) is 0 Å². The van der Waals surface area contributed by atoms with Gasteiger partial charge in [0, 0.05) is 5.41 Å². The molecule has 2 saturated heterocycles. The molecule has 5 aliphatic carbocycles. The van der Waals surface area contributed by atoms with Gasteiger partial charge in [-0.1, -0.05) is 53.2 Å². The third-order valence-corrected chi connectivity index (χ3v) is 17.5. The van der Waals surface area contributed by atoms with Crippen molar-refractivity contribution in [2.24, 2.45) is 50.2 Å². The molecule has 7 aliphatic rings. The fraction of sp³-hybridized carbons (Fsp3) is 0.929. The highest BCUT2D eigenvalue weighted by molar-refractivity contribution is 5.77. The molecule has 0 spiro atoms. The van der Waals surface area contributed by atoms with Gasteiger partial charge in [0.25, 0.3) is 0 Å². The Morgan fingerprint density at radius 3 is 1.83 bits per heavy atom. The molecule has 7 rings (SSSR count). The number of aliphatic hydroxyl groups is 10. The first-order valence-electron chi connectivity index (χ1n) is 21.2. The molecule has 58 heavy (non-hydrogen) atoms. The van der Waals surface area contributed by atoms with Crippen LogP contribution in [0, 0.1) is 50.2 Å². The van der Waals surface area contributed by atoms with Gasteiger partial charge >= 0.3 is 5.97 Å². The summed E-state index contributed by atoms with van der Waals surface area (Å²) in [6.45, 7) is 11.0. The van der Waals surface area contributed by atoms with Crippen molar-refractivity contribution in [2.45, 2.75) is 173 Å². The molecule has 0 radical (unpaired) electrons. The number of ether oxygens (including phenoxy) is 4. The van der Waals surface area contributed by atoms with Gasteiger partial charge in [0.15, 0.2) is 12.6 Å². The second-order valence-electron chi connectivity index (χ2n) is 20.7. The molecule has 6 fully saturated rings. The van der Waals surface area contributed by atoms with Crippen LogP contribution in [0.1, 0.15) is 92.9 Å². The van der Waals surface area contributed by atoms with Crippen LogP contribution < -0.4 is 0 Å². The number of aliphatic hydroxyl groups excluding tert-OH is 10. The van der Waals surface area contributed by atoms with Crippen molar-refractivity contribution < 1.29 is 79.9 Å². The molecule has 0 bridgehead atoms. The van der Waals surface area contributed by atoms with Crippen LogP contribution in [-0.2, 0) is 23.7 Å². The van der Waals surface area contributed by atoms with Crippen LogP contribution >= 0.6 is 0 Å². The lowest BCUT2D eigenvalue weighted by atomic mass is 9.33. The Hall–Kier alpha value is -1.35. The molecule has 11 N–H and O–H groups in total. The van der Waals surface area contributed by atoms with E-state index in [0.29, 0.717) is 38.5 Å². The second-order valence-corrected chi connectivity index (χ2v) is 20.7. The molecule has 332 valence electrons. The molecule has 0 aromatic carbocycles. The molecule has 16 heteroatoms. The fourth-order valence-electron chi connectivity index (χ4n) is 13.9. The van der Waals surface area contributed by atoms with Crippen LogP contribution in [0.3, 0.4) is 0 Å². The molecule has 21 atom stereocenters. The van der Waals surface area contributed by atoms with Crippen LogP contribution in [0.4, 0.5) is 0 Å². The molecule has 21 unspecified atom stereocenters. The fourth-order valence-corrected chi connectivity index (χ4v) is 13.9. The number of carboxylic acids is 1. The average Bonchev–Trinajstić information content (AvgIpc) is 3.16. The highest BCUT2D eigenvalue weighted by atomic mass is 16.7. The summed E-state index contributed by atoms with van der Waals surface area (Å²) in [7, 11) is 0. The Morgan fingerprint density at radius 1 is 0.724 bits per heavy atom. The molecule has 0 amide bonds. The van der Waals surface area contributed by atoms with Crippen molar-refractivity contribution in [3.8, 4) is 0 Å². The van der Waals surface area contributed by atoms with Gasteiger partial charge in [0.1, 0.15) is 48.8 Å². The Bertz CT molecular complexity index is 1570. The lowest BCUT2D eigenvalue weighted by molar-refractivity contribution is -0.345. The van der Waals surface area contributed by atoms with Crippen LogP contribution in [0.25, 0.3) is 0 Å². The van der Waals surface area contributed by atoms with E-state index in [9.17, 15) is 61.0 Å². The lowest BCUT2D eigenvalue weighted by Crippen LogP contribution is -2.69. The minimum Gasteiger partial charge on any atom is -0.481 e. The number of aliphatic carboxylic acids is 1. The number of hydrogen-bond donors (Lipinski definition) is 11. The molecule has 16 nitrogen and oxygen atoms in total. The van der Waals surface area contributed by atoms with Gasteiger partial charge in [-0.3, -0.25) is 4.79 Å². The number of rotatable bonds is 8. The van der Waals surface area contributed by atoms with Crippen LogP contribution in [-0.4, -0.2) is 162 Å². The summed E-state index contributed by atoms with van der Waals surface area (Å²) in [5.74, 6) is -1.40. The number of hydrogen-bond acceptors (Lipinski definition) is 15. The summed E-state index contributed by atoms with van der Waals surface area (Å²) < 4.78 is 24.0. The molecular weight excluding hydrogens is 760 g/mol. The predicted octanol–water partition coefficient (Wildman–Crippen LogP) is -0.204. The van der Waals surface area contributed by atoms with Crippen molar-refractivity contribution in [3.05, 3.63) is 11.6 Å². The normalized spacial score (nSPS) is 55.3. The molecule has 2 aliphatic heterocycles. The Labute approximate surface area is 339 Å². The topological polar surface area (TPSA) is 277 Å². The Morgan fingerprint density at radius 2 is 1.29 bits per heavy atom. The van der Waals surface area contributed by atoms with Gasteiger partial charge in [-0.15, -0.1) is 0 Å². The van der Waals surface area contributed by atoms with E-state index >= 15 is 0 Å². The molecule has 4 saturated carbocycles. The SMILES string of the molecule is CC1(C)CC2C3=CCC4C5(C)CC(O)C(OC6OC(CO)C(O)C(O)C6O)C(C)(CO)C5CCC4(C)C3(C)CCC2(C(=O)O)CC1OC1OC(CO)C(O)C(O)C1O. The van der Waals surface area contributed by atoms with E-state index in [0.717, 1.165) is 12.0 Å². The summed E-state index contributed by atoms with van der Waals surface area (Å²) in [5, 5.41) is 117. The van der Waals surface area contributed by atoms with E-state index in [2.05, 4.69) is 26.8 Å². The molecule has 2 heterocycles. The van der Waals surface area contributed by atoms with Crippen LogP contribution in [0.5, 0.6) is 0 Å². The third kappa shape index (κ3) is 6.33. The minimum absolute atomic E-state index is 0.0254. The van der Waals surface area contributed by atoms with Crippen LogP contribution in [0.15, 0.2) is 11.6 Å². The highest BCUT2D eigenvalue weighted by Gasteiger charge is 2.72. The number of carboxylic acid groups (broad SMARTS) is 1. The lowest BCUT2D eigenvalue weighted by Gasteiger charge is -2.72. The third-order valence-electron chi connectivity index (χ3n) is 17.5. The molecular formula is C42H68O16. The first-order chi connectivity index (χ1) is 27.0. The summed E-state index contributed by atoms with van der Waals surface area (Å²) in [6, 6.07) is 0. The first-order valence-corrected chi connectivity index (χ1v) is 21.2. The predicted molar refractivity (Wildman–Crippen MR) is 202 cm³/mol. The maximum absolute atomic E-state index is 13.6. The number of allylic oxidation sites excluding steroid dienone is 2. The van der Waals surface area contributed by atoms with E-state index in [1.807, 2.05) is 20.8 Å². The maximum Gasteiger partial charge on any atom is 0.310 e. The zero-order valence-corrected chi connectivity index (χ0v) is 34.6. The number of fused-ring (bicyclic) bond motifs is 7. The second kappa shape index (κ2) is 15.2. The Balaban J connectivity index is 1.17. The zero-order valence-electron chi connectivity index (χ0n) is 34.6. The quantitative estimate of drug-likeness (QED) is 0.112. The first kappa shape index (κ1) is 44.7. The maximum atomic E-state index is 13.6. The summed E-state index contributed by atoms with van der Waals surface area (Å²) in [6.07, 6.45) is -11.6. The van der Waals surface area contributed by atoms with Crippen molar-refractivity contribution >= 4 is 5.97 Å². The van der Waals surface area contributed by atoms with Gasteiger partial charge in [-0.25, -0.2) is 0 Å². The van der Waals surface area contributed by atoms with Crippen molar-refractivity contribution in [1.29, 1.82) is 0 Å². The van der Waals surface area contributed by atoms with Gasteiger partial charge in [-0.2, -0.15) is 0 Å². The molecule has 0 aromatic heterocycles. The summed E-state index contributed by atoms with van der Waals surface area (Å²) in [5.41, 5.74) is -2.98. The number of carbonyl (C=O) groups is 1. The monoisotopic (exact) mass is 828 g/mol. The summed E-state index contributed by atoms with van der Waals surface area (Å²) in [4.78, 5) is 13.6. The van der Waals surface area contributed by atoms with Crippen molar-refractivity contribution in [2.75, 3.05) is 19.8 Å². The highest BCUT2D eigenvalue weighted by Crippen LogP contribution is 2.76. The van der Waals surface area contributed by atoms with Gasteiger partial charge in [0.2, 0.25) is 0 Å². The van der Waals surface area contributed by atoms with Crippen molar-refractivity contribution in [1.82, 2.24) is 0 Å². The van der Waals surface area contributed by atoms with Gasteiger partial charge in [-0.05, 0) is 90.8 Å². The van der Waals surface area contributed by atoms with Crippen LogP contribution in [0.2, 0.25) is 0 Å². The van der Waals surface area contributed by atoms with Crippen molar-refractivity contribution in [3.63, 3.8) is 0 Å². The molecule has 0 aromatic rings. The van der Waals surface area contributed by atoms with E-state index < -0.39 is 126 Å². The smallest absolute Gasteiger partial charge is 0.310 e. The summed E-state index contributed by atoms with van der Waals surface area (Å²) >= 11 is 0. The minimum atomic E-state index is -1.67.